The number of likely N-dealkylation sites (N-methyl/N-ethyl adjacent to an activating group) is 1. The summed E-state index contributed by atoms with van der Waals surface area (Å²) in [5.41, 5.74) is -0.149. The van der Waals surface area contributed by atoms with Gasteiger partial charge in [-0.15, -0.1) is 0 Å². The van der Waals surface area contributed by atoms with Crippen LogP contribution in [0.4, 0.5) is 18.3 Å². The Bertz CT molecular complexity index is 371. The number of alkyl halides is 3. The molecule has 0 spiro atoms. The topological polar surface area (TPSA) is 28.2 Å². The first kappa shape index (κ1) is 14.2. The third kappa shape index (κ3) is 3.85. The Kier molecular flexibility index (Phi) is 4.03. The molecule has 7 heteroatoms. The molecule has 1 aromatic rings. The van der Waals surface area contributed by atoms with E-state index in [0.29, 0.717) is 23.0 Å². The predicted octanol–water partition coefficient (Wildman–Crippen LogP) is 2.91. The van der Waals surface area contributed by atoms with Gasteiger partial charge in [-0.05, 0) is 27.9 Å². The van der Waals surface area contributed by atoms with Crippen molar-refractivity contribution in [3.05, 3.63) is 11.1 Å². The van der Waals surface area contributed by atoms with E-state index < -0.39 is 11.1 Å². The molecular weight excluding hydrogens is 251 g/mol. The Labute approximate surface area is 103 Å². The Hall–Kier alpha value is -0.820. The molecule has 0 amide bonds. The fourth-order valence-corrected chi connectivity index (χ4v) is 1.62. The van der Waals surface area contributed by atoms with Crippen LogP contribution in [0, 0.1) is 0 Å². The molecule has 17 heavy (non-hydrogen) atoms. The molecule has 0 aliphatic carbocycles. The fraction of sp³-hybridized carbons (Fsp3) is 0.700. The van der Waals surface area contributed by atoms with Crippen LogP contribution in [0.3, 0.4) is 0 Å². The van der Waals surface area contributed by atoms with Gasteiger partial charge in [0.2, 0.25) is 0 Å². The summed E-state index contributed by atoms with van der Waals surface area (Å²) in [5.74, 6) is 0. The molecule has 0 radical (unpaired) electrons. The first-order valence-electron chi connectivity index (χ1n) is 5.07. The zero-order valence-corrected chi connectivity index (χ0v) is 11.0. The molecule has 0 atom stereocenters. The Morgan fingerprint density at radius 3 is 2.35 bits per heavy atom. The molecule has 98 valence electrons. The summed E-state index contributed by atoms with van der Waals surface area (Å²) < 4.78 is 37.0. The number of hydrogen-bond donors (Lipinski definition) is 1. The quantitative estimate of drug-likeness (QED) is 0.909. The highest BCUT2D eigenvalue weighted by molar-refractivity contribution is 7.15. The first-order chi connectivity index (χ1) is 7.63. The Balaban J connectivity index is 2.63. The minimum Gasteiger partial charge on any atom is -0.360 e. The molecule has 3 nitrogen and oxygen atoms in total. The number of hydrogen-bond acceptors (Lipinski definition) is 4. The van der Waals surface area contributed by atoms with Crippen LogP contribution in [0.2, 0.25) is 0 Å². The van der Waals surface area contributed by atoms with Crippen molar-refractivity contribution >= 4 is 16.5 Å². The number of nitrogens with one attached hydrogen (secondary N) is 1. The molecule has 0 saturated carbocycles. The van der Waals surface area contributed by atoms with Crippen molar-refractivity contribution in [1.29, 1.82) is 0 Å². The van der Waals surface area contributed by atoms with E-state index in [2.05, 4.69) is 10.3 Å². The summed E-state index contributed by atoms with van der Waals surface area (Å²) >= 11 is 0.626. The van der Waals surface area contributed by atoms with Gasteiger partial charge in [-0.25, -0.2) is 4.98 Å². The van der Waals surface area contributed by atoms with Gasteiger partial charge in [0.15, 0.2) is 5.13 Å². The van der Waals surface area contributed by atoms with Gasteiger partial charge in [0, 0.05) is 12.1 Å². The summed E-state index contributed by atoms with van der Waals surface area (Å²) in [6, 6.07) is 0. The maximum absolute atomic E-state index is 12.3. The summed E-state index contributed by atoms with van der Waals surface area (Å²) in [4.78, 5) is 5.03. The predicted molar refractivity (Wildman–Crippen MR) is 63.4 cm³/mol. The van der Waals surface area contributed by atoms with Crippen LogP contribution in [-0.4, -0.2) is 36.1 Å². The van der Waals surface area contributed by atoms with Crippen molar-refractivity contribution in [2.75, 3.05) is 26.0 Å². The maximum atomic E-state index is 12.3. The maximum Gasteiger partial charge on any atom is 0.427 e. The molecule has 0 unspecified atom stereocenters. The zero-order valence-electron chi connectivity index (χ0n) is 10.2. The minimum atomic E-state index is -4.31. The lowest BCUT2D eigenvalue weighted by Crippen LogP contribution is -2.44. The Morgan fingerprint density at radius 1 is 1.35 bits per heavy atom. The average molecular weight is 267 g/mol. The van der Waals surface area contributed by atoms with E-state index in [1.54, 1.807) is 0 Å². The van der Waals surface area contributed by atoms with Gasteiger partial charge >= 0.3 is 6.18 Å². The van der Waals surface area contributed by atoms with E-state index in [4.69, 9.17) is 0 Å². The molecule has 0 aliphatic rings. The number of nitrogens with zero attached hydrogens (tertiary/aromatic N) is 2. The minimum absolute atomic E-state index is 0.149. The van der Waals surface area contributed by atoms with Crippen LogP contribution in [0.15, 0.2) is 6.20 Å². The number of halogens is 3. The second-order valence-corrected chi connectivity index (χ2v) is 5.62. The van der Waals surface area contributed by atoms with Gasteiger partial charge in [0.1, 0.15) is 4.88 Å². The van der Waals surface area contributed by atoms with Crippen LogP contribution in [0.1, 0.15) is 18.7 Å². The molecule has 0 aromatic carbocycles. The molecule has 1 aromatic heterocycles. The van der Waals surface area contributed by atoms with Crippen molar-refractivity contribution in [3.63, 3.8) is 0 Å². The van der Waals surface area contributed by atoms with Crippen molar-refractivity contribution < 1.29 is 13.2 Å². The van der Waals surface area contributed by atoms with Gasteiger partial charge < -0.3 is 10.2 Å². The molecule has 0 bridgehead atoms. The third-order valence-electron chi connectivity index (χ3n) is 2.67. The van der Waals surface area contributed by atoms with Crippen LogP contribution < -0.4 is 5.32 Å². The SMILES string of the molecule is CN(C)C(C)(C)CNc1ncc(C(F)(F)F)s1. The second kappa shape index (κ2) is 4.81. The summed E-state index contributed by atoms with van der Waals surface area (Å²) in [5, 5.41) is 3.22. The molecule has 1 N–H and O–H groups in total. The first-order valence-corrected chi connectivity index (χ1v) is 5.89. The number of aromatic nitrogens is 1. The monoisotopic (exact) mass is 267 g/mol. The zero-order chi connectivity index (χ0) is 13.3. The summed E-state index contributed by atoms with van der Waals surface area (Å²) in [6.45, 7) is 4.53. The smallest absolute Gasteiger partial charge is 0.360 e. The van der Waals surface area contributed by atoms with Crippen LogP contribution in [-0.2, 0) is 6.18 Å². The van der Waals surface area contributed by atoms with Gasteiger partial charge in [-0.1, -0.05) is 11.3 Å². The number of anilines is 1. The standard InChI is InChI=1S/C10H16F3N3S/c1-9(2,16(3)4)6-15-8-14-5-7(17-8)10(11,12)13/h5H,6H2,1-4H3,(H,14,15). The number of rotatable bonds is 4. The third-order valence-corrected chi connectivity index (χ3v) is 3.67. The highest BCUT2D eigenvalue weighted by Gasteiger charge is 2.33. The van der Waals surface area contributed by atoms with E-state index in [1.165, 1.54) is 0 Å². The van der Waals surface area contributed by atoms with Crippen LogP contribution in [0.5, 0.6) is 0 Å². The van der Waals surface area contributed by atoms with E-state index in [1.807, 2.05) is 32.8 Å². The molecule has 0 aliphatic heterocycles. The second-order valence-electron chi connectivity index (χ2n) is 4.59. The fourth-order valence-electron chi connectivity index (χ4n) is 0.937. The van der Waals surface area contributed by atoms with E-state index in [0.717, 1.165) is 6.20 Å². The molecule has 0 saturated heterocycles. The van der Waals surface area contributed by atoms with E-state index in [-0.39, 0.29) is 5.54 Å². The lowest BCUT2D eigenvalue weighted by Gasteiger charge is -2.32. The molecule has 1 rings (SSSR count). The van der Waals surface area contributed by atoms with Crippen molar-refractivity contribution in [2.45, 2.75) is 25.6 Å². The van der Waals surface area contributed by atoms with E-state index in [9.17, 15) is 13.2 Å². The largest absolute Gasteiger partial charge is 0.427 e. The van der Waals surface area contributed by atoms with Crippen molar-refractivity contribution in [1.82, 2.24) is 9.88 Å². The summed E-state index contributed by atoms with van der Waals surface area (Å²) in [6.07, 6.45) is -3.45. The van der Waals surface area contributed by atoms with Gasteiger partial charge in [0.05, 0.1) is 6.20 Å². The van der Waals surface area contributed by atoms with Gasteiger partial charge in [-0.3, -0.25) is 0 Å². The molecule has 0 fully saturated rings. The van der Waals surface area contributed by atoms with E-state index >= 15 is 0 Å². The van der Waals surface area contributed by atoms with Crippen LogP contribution in [0.25, 0.3) is 0 Å². The van der Waals surface area contributed by atoms with Crippen molar-refractivity contribution in [3.8, 4) is 0 Å². The number of thiazole rings is 1. The normalized spacial score (nSPS) is 13.2. The molecular formula is C10H16F3N3S. The van der Waals surface area contributed by atoms with Crippen LogP contribution >= 0.6 is 11.3 Å². The highest BCUT2D eigenvalue weighted by Crippen LogP contribution is 2.35. The van der Waals surface area contributed by atoms with Gasteiger partial charge in [-0.2, -0.15) is 13.2 Å². The van der Waals surface area contributed by atoms with Gasteiger partial charge in [0.25, 0.3) is 0 Å². The Morgan fingerprint density at radius 2 is 1.94 bits per heavy atom. The summed E-state index contributed by atoms with van der Waals surface area (Å²) in [7, 11) is 3.84. The molecule has 1 heterocycles. The average Bonchev–Trinajstić information content (AvgIpc) is 2.62. The lowest BCUT2D eigenvalue weighted by atomic mass is 10.1. The lowest BCUT2D eigenvalue weighted by molar-refractivity contribution is -0.134. The highest BCUT2D eigenvalue weighted by atomic mass is 32.1. The van der Waals surface area contributed by atoms with Crippen molar-refractivity contribution in [2.24, 2.45) is 0 Å².